The van der Waals surface area contributed by atoms with E-state index < -0.39 is 27.4 Å². The predicted octanol–water partition coefficient (Wildman–Crippen LogP) is 1.42. The van der Waals surface area contributed by atoms with Crippen LogP contribution in [0.5, 0.6) is 0 Å². The largest absolute Gasteiger partial charge is 0.465 e. The Morgan fingerprint density at radius 2 is 1.71 bits per heavy atom. The van der Waals surface area contributed by atoms with Gasteiger partial charge in [0.25, 0.3) is 0 Å². The molecule has 1 N–H and O–H groups in total. The van der Waals surface area contributed by atoms with Gasteiger partial charge in [0.2, 0.25) is 0 Å². The van der Waals surface area contributed by atoms with E-state index in [1.165, 1.54) is 0 Å². The van der Waals surface area contributed by atoms with E-state index in [1.807, 2.05) is 0 Å². The molecule has 0 bridgehead atoms. The van der Waals surface area contributed by atoms with Crippen LogP contribution in [0.2, 0.25) is 0 Å². The molecule has 2 aliphatic rings. The summed E-state index contributed by atoms with van der Waals surface area (Å²) < 4.78 is 60.8. The van der Waals surface area contributed by atoms with Gasteiger partial charge < -0.3 is 4.74 Å². The van der Waals surface area contributed by atoms with Crippen LogP contribution in [0.15, 0.2) is 0 Å². The van der Waals surface area contributed by atoms with Crippen molar-refractivity contribution in [3.8, 4) is 0 Å². The number of halogens is 2. The van der Waals surface area contributed by atoms with Crippen molar-refractivity contribution >= 4 is 16.1 Å². The van der Waals surface area contributed by atoms with Crippen LogP contribution in [-0.2, 0) is 19.6 Å². The highest BCUT2D eigenvalue weighted by Crippen LogP contribution is 2.31. The Morgan fingerprint density at radius 3 is 2.29 bits per heavy atom. The number of nitrogens with zero attached hydrogens (tertiary/aromatic N) is 1. The number of ether oxygens (including phenoxy) is 1. The molecule has 0 aromatic rings. The molecule has 1 aliphatic heterocycles. The highest BCUT2D eigenvalue weighted by Gasteiger charge is 2.55. The molecule has 1 saturated heterocycles. The fourth-order valence-electron chi connectivity index (χ4n) is 3.02. The van der Waals surface area contributed by atoms with Crippen molar-refractivity contribution in [2.45, 2.75) is 55.9 Å². The van der Waals surface area contributed by atoms with E-state index in [0.717, 1.165) is 45.2 Å². The van der Waals surface area contributed by atoms with Gasteiger partial charge in [-0.15, -0.1) is 0 Å². The van der Waals surface area contributed by atoms with Gasteiger partial charge in [0.05, 0.1) is 0 Å². The molecule has 2 fully saturated rings. The lowest BCUT2D eigenvalue weighted by Gasteiger charge is -2.37. The first-order chi connectivity index (χ1) is 9.73. The molecule has 0 spiro atoms. The van der Waals surface area contributed by atoms with Crippen LogP contribution >= 0.6 is 0 Å². The van der Waals surface area contributed by atoms with Crippen molar-refractivity contribution in [3.63, 3.8) is 0 Å². The molecule has 1 heterocycles. The molecular weight excluding hydrogens is 308 g/mol. The van der Waals surface area contributed by atoms with E-state index in [4.69, 9.17) is 9.29 Å². The zero-order valence-electron chi connectivity index (χ0n) is 11.5. The third-order valence-corrected chi connectivity index (χ3v) is 4.91. The fraction of sp³-hybridized carbons (Fsp3) is 0.917. The molecule has 0 amide bonds. The molecule has 2 atom stereocenters. The van der Waals surface area contributed by atoms with E-state index in [2.05, 4.69) is 4.90 Å². The minimum atomic E-state index is -5.81. The zero-order chi connectivity index (χ0) is 15.7. The summed E-state index contributed by atoms with van der Waals surface area (Å²) in [6, 6.07) is -0.151. The molecule has 0 aromatic heterocycles. The van der Waals surface area contributed by atoms with Crippen LogP contribution in [0.25, 0.3) is 0 Å². The van der Waals surface area contributed by atoms with Gasteiger partial charge >= 0.3 is 21.3 Å². The van der Waals surface area contributed by atoms with Crippen LogP contribution in [0.4, 0.5) is 8.78 Å². The Balaban J connectivity index is 2.07. The summed E-state index contributed by atoms with van der Waals surface area (Å²) in [5.74, 6) is -2.19. The molecule has 21 heavy (non-hydrogen) atoms. The Bertz CT molecular complexity index is 490. The summed E-state index contributed by atoms with van der Waals surface area (Å²) in [5.41, 5.74) is 0. The van der Waals surface area contributed by atoms with Gasteiger partial charge in [0.1, 0.15) is 6.10 Å². The number of carbonyl (C=O) groups excluding carboxylic acids is 1. The minimum Gasteiger partial charge on any atom is -0.455 e. The van der Waals surface area contributed by atoms with Gasteiger partial charge in [0.15, 0.2) is 0 Å². The number of likely N-dealkylation sites (tertiary alicyclic amines) is 1. The van der Waals surface area contributed by atoms with Crippen molar-refractivity contribution in [1.82, 2.24) is 4.90 Å². The summed E-state index contributed by atoms with van der Waals surface area (Å²) in [5, 5.41) is -4.92. The Hall–Kier alpha value is -0.800. The maximum absolute atomic E-state index is 13.3. The standard InChI is InChI=1S/C12H19F2NO5S/c13-12(14,21(17,18)19)11(16)20-10-6-2-1-5-9(10)15-7-3-4-8-15/h9-10H,1-8H2,(H,17,18,19). The number of hydrogen-bond donors (Lipinski definition) is 1. The van der Waals surface area contributed by atoms with E-state index >= 15 is 0 Å². The predicted molar refractivity (Wildman–Crippen MR) is 69.4 cm³/mol. The second-order valence-electron chi connectivity index (χ2n) is 5.53. The highest BCUT2D eigenvalue weighted by molar-refractivity contribution is 7.87. The molecule has 0 aromatic carbocycles. The smallest absolute Gasteiger partial charge is 0.455 e. The molecule has 0 radical (unpaired) electrons. The molecule has 1 aliphatic carbocycles. The zero-order valence-corrected chi connectivity index (χ0v) is 12.3. The van der Waals surface area contributed by atoms with Gasteiger partial charge in [-0.1, -0.05) is 6.42 Å². The SMILES string of the molecule is O=C(OC1CCCCC1N1CCCC1)C(F)(F)S(=O)(=O)O. The van der Waals surface area contributed by atoms with Crippen LogP contribution in [0, 0.1) is 0 Å². The van der Waals surface area contributed by atoms with Gasteiger partial charge in [0, 0.05) is 6.04 Å². The van der Waals surface area contributed by atoms with Gasteiger partial charge in [-0.25, -0.2) is 4.79 Å². The summed E-state index contributed by atoms with van der Waals surface area (Å²) in [6.45, 7) is 1.65. The van der Waals surface area contributed by atoms with E-state index in [1.54, 1.807) is 0 Å². The Morgan fingerprint density at radius 1 is 1.14 bits per heavy atom. The van der Waals surface area contributed by atoms with Crippen LogP contribution in [0.1, 0.15) is 38.5 Å². The molecule has 2 rings (SSSR count). The Kier molecular flexibility index (Phi) is 4.84. The maximum Gasteiger partial charge on any atom is 0.465 e. The van der Waals surface area contributed by atoms with Crippen LogP contribution < -0.4 is 0 Å². The molecular formula is C12H19F2NO5S. The summed E-state index contributed by atoms with van der Waals surface area (Å²) >= 11 is 0. The van der Waals surface area contributed by atoms with E-state index in [9.17, 15) is 22.0 Å². The van der Waals surface area contributed by atoms with Gasteiger partial charge in [-0.2, -0.15) is 17.2 Å². The van der Waals surface area contributed by atoms with E-state index in [-0.39, 0.29) is 6.04 Å². The Labute approximate surface area is 122 Å². The molecule has 6 nitrogen and oxygen atoms in total. The average molecular weight is 327 g/mol. The number of esters is 1. The summed E-state index contributed by atoms with van der Waals surface area (Å²) in [4.78, 5) is 13.5. The number of alkyl halides is 2. The summed E-state index contributed by atoms with van der Waals surface area (Å²) in [7, 11) is -5.81. The second kappa shape index (κ2) is 6.13. The fourth-order valence-corrected chi connectivity index (χ4v) is 3.28. The first-order valence-corrected chi connectivity index (χ1v) is 8.47. The normalized spacial score (nSPS) is 28.5. The van der Waals surface area contributed by atoms with Crippen molar-refractivity contribution in [2.75, 3.05) is 13.1 Å². The van der Waals surface area contributed by atoms with Crippen molar-refractivity contribution < 1.29 is 31.3 Å². The number of hydrogen-bond acceptors (Lipinski definition) is 5. The second-order valence-corrected chi connectivity index (χ2v) is 6.99. The van der Waals surface area contributed by atoms with Crippen molar-refractivity contribution in [1.29, 1.82) is 0 Å². The third-order valence-electron chi connectivity index (χ3n) is 4.10. The minimum absolute atomic E-state index is 0.151. The molecule has 1 saturated carbocycles. The third kappa shape index (κ3) is 3.51. The lowest BCUT2D eigenvalue weighted by molar-refractivity contribution is -0.172. The molecule has 2 unspecified atom stereocenters. The van der Waals surface area contributed by atoms with Crippen molar-refractivity contribution in [2.24, 2.45) is 0 Å². The van der Waals surface area contributed by atoms with Gasteiger partial charge in [-0.05, 0) is 45.2 Å². The lowest BCUT2D eigenvalue weighted by atomic mass is 9.91. The number of carbonyl (C=O) groups is 1. The van der Waals surface area contributed by atoms with E-state index in [0.29, 0.717) is 6.42 Å². The average Bonchev–Trinajstić information content (AvgIpc) is 2.91. The maximum atomic E-state index is 13.3. The van der Waals surface area contributed by atoms with Crippen LogP contribution in [0.3, 0.4) is 0 Å². The monoisotopic (exact) mass is 327 g/mol. The van der Waals surface area contributed by atoms with Gasteiger partial charge in [-0.3, -0.25) is 9.45 Å². The van der Waals surface area contributed by atoms with Crippen LogP contribution in [-0.4, -0.2) is 54.3 Å². The first kappa shape index (κ1) is 16.6. The molecule has 122 valence electrons. The topological polar surface area (TPSA) is 83.9 Å². The van der Waals surface area contributed by atoms with Crippen molar-refractivity contribution in [3.05, 3.63) is 0 Å². The quantitative estimate of drug-likeness (QED) is 0.621. The highest BCUT2D eigenvalue weighted by atomic mass is 32.2. The lowest BCUT2D eigenvalue weighted by Crippen LogP contribution is -2.49. The summed E-state index contributed by atoms with van der Waals surface area (Å²) in [6.07, 6.45) is 4.08. The first-order valence-electron chi connectivity index (χ1n) is 7.03. The number of rotatable bonds is 4. The molecule has 9 heteroatoms.